The Morgan fingerprint density at radius 1 is 0.675 bits per heavy atom. The van der Waals surface area contributed by atoms with Crippen LogP contribution in [0.25, 0.3) is 55.7 Å². The predicted molar refractivity (Wildman–Crippen MR) is 165 cm³/mol. The Balaban J connectivity index is 1.64. The van der Waals surface area contributed by atoms with E-state index in [-0.39, 0.29) is 16.6 Å². The number of hydrogen-bond acceptors (Lipinski definition) is 4. The minimum absolute atomic E-state index is 0.0123. The lowest BCUT2D eigenvalue weighted by atomic mass is 9.84. The van der Waals surface area contributed by atoms with Crippen LogP contribution in [0.5, 0.6) is 5.75 Å². The van der Waals surface area contributed by atoms with E-state index in [4.69, 9.17) is 14.4 Å². The number of phenolic OH excluding ortho intramolecular Hbond substituents is 1. The standard InChI is InChI=1S/C36H34N2O2/c1-35(2,3)24-15-16-37-30(20-24)29-18-23(17-22-11-7-8-12-26(22)29)28-19-25(36(4,5)6)21-32-33(28)38-34(40-32)27-13-9-10-14-31(27)39/h7-21,39H,1-6H3. The van der Waals surface area contributed by atoms with Crippen LogP contribution in [0.2, 0.25) is 0 Å². The molecular weight excluding hydrogens is 492 g/mol. The van der Waals surface area contributed by atoms with Crippen LogP contribution in [0.15, 0.2) is 95.5 Å². The Morgan fingerprint density at radius 2 is 1.40 bits per heavy atom. The van der Waals surface area contributed by atoms with Crippen molar-refractivity contribution >= 4 is 21.9 Å². The van der Waals surface area contributed by atoms with Crippen molar-refractivity contribution in [3.05, 3.63) is 102 Å². The number of nitrogens with zero attached hydrogens (tertiary/aromatic N) is 2. The van der Waals surface area contributed by atoms with E-state index in [1.807, 2.05) is 18.3 Å². The van der Waals surface area contributed by atoms with Crippen molar-refractivity contribution < 1.29 is 9.52 Å². The first-order chi connectivity index (χ1) is 19.0. The van der Waals surface area contributed by atoms with Gasteiger partial charge in [-0.2, -0.15) is 0 Å². The molecule has 0 aliphatic rings. The van der Waals surface area contributed by atoms with Gasteiger partial charge in [-0.1, -0.05) is 77.9 Å². The largest absolute Gasteiger partial charge is 0.507 e. The van der Waals surface area contributed by atoms with Gasteiger partial charge >= 0.3 is 0 Å². The molecule has 0 fully saturated rings. The molecule has 0 saturated carbocycles. The summed E-state index contributed by atoms with van der Waals surface area (Å²) < 4.78 is 6.30. The second-order valence-electron chi connectivity index (χ2n) is 12.6. The molecule has 0 aliphatic carbocycles. The first kappa shape index (κ1) is 25.8. The molecule has 0 spiro atoms. The van der Waals surface area contributed by atoms with Crippen LogP contribution < -0.4 is 0 Å². The Labute approximate surface area is 235 Å². The monoisotopic (exact) mass is 526 g/mol. The number of benzene rings is 4. The van der Waals surface area contributed by atoms with Crippen LogP contribution >= 0.6 is 0 Å². The lowest BCUT2D eigenvalue weighted by molar-refractivity contribution is 0.474. The molecule has 1 N–H and O–H groups in total. The molecule has 6 aromatic rings. The summed E-state index contributed by atoms with van der Waals surface area (Å²) in [5, 5.41) is 12.8. The smallest absolute Gasteiger partial charge is 0.231 e. The molecule has 0 atom stereocenters. The Bertz CT molecular complexity index is 1880. The molecule has 0 amide bonds. The molecule has 2 heterocycles. The molecule has 2 aromatic heterocycles. The molecule has 200 valence electrons. The molecule has 4 aromatic carbocycles. The molecule has 0 bridgehead atoms. The van der Waals surface area contributed by atoms with E-state index in [9.17, 15) is 5.11 Å². The first-order valence-corrected chi connectivity index (χ1v) is 13.7. The molecule has 6 rings (SSSR count). The molecule has 0 unspecified atom stereocenters. The summed E-state index contributed by atoms with van der Waals surface area (Å²) in [6.45, 7) is 13.3. The number of oxazole rings is 1. The van der Waals surface area contributed by atoms with Gasteiger partial charge in [-0.25, -0.2) is 4.98 Å². The highest BCUT2D eigenvalue weighted by molar-refractivity contribution is 6.02. The normalized spacial score (nSPS) is 12.3. The first-order valence-electron chi connectivity index (χ1n) is 13.7. The fourth-order valence-electron chi connectivity index (χ4n) is 5.17. The van der Waals surface area contributed by atoms with Gasteiger partial charge in [0.1, 0.15) is 11.3 Å². The number of rotatable bonds is 3. The van der Waals surface area contributed by atoms with Gasteiger partial charge in [0.15, 0.2) is 5.58 Å². The topological polar surface area (TPSA) is 59.2 Å². The zero-order valence-electron chi connectivity index (χ0n) is 23.9. The molecular formula is C36H34N2O2. The number of pyridine rings is 1. The van der Waals surface area contributed by atoms with Gasteiger partial charge in [0.2, 0.25) is 5.89 Å². The van der Waals surface area contributed by atoms with Crippen LogP contribution in [0.1, 0.15) is 52.7 Å². The zero-order valence-corrected chi connectivity index (χ0v) is 23.9. The minimum atomic E-state index is -0.104. The van der Waals surface area contributed by atoms with Crippen molar-refractivity contribution in [2.75, 3.05) is 0 Å². The van der Waals surface area contributed by atoms with Crippen molar-refractivity contribution in [2.24, 2.45) is 0 Å². The van der Waals surface area contributed by atoms with Gasteiger partial charge in [0.25, 0.3) is 0 Å². The SMILES string of the molecule is CC(C)(C)c1ccnc(-c2cc(-c3cc(C(C)(C)C)cc4oc(-c5ccccc5O)nc34)cc3ccccc23)c1. The third-order valence-corrected chi connectivity index (χ3v) is 7.57. The Morgan fingerprint density at radius 3 is 2.15 bits per heavy atom. The number of aromatic nitrogens is 2. The summed E-state index contributed by atoms with van der Waals surface area (Å²) in [6, 6.07) is 28.7. The highest BCUT2D eigenvalue weighted by atomic mass is 16.3. The number of phenols is 1. The molecule has 0 saturated heterocycles. The quantitative estimate of drug-likeness (QED) is 0.249. The summed E-state index contributed by atoms with van der Waals surface area (Å²) in [7, 11) is 0. The summed E-state index contributed by atoms with van der Waals surface area (Å²) in [4.78, 5) is 9.75. The number of hydrogen-bond donors (Lipinski definition) is 1. The molecule has 0 aliphatic heterocycles. The van der Waals surface area contributed by atoms with Gasteiger partial charge in [0, 0.05) is 17.3 Å². The highest BCUT2D eigenvalue weighted by Gasteiger charge is 2.23. The number of fused-ring (bicyclic) bond motifs is 2. The maximum atomic E-state index is 10.5. The van der Waals surface area contributed by atoms with Crippen molar-refractivity contribution in [1.82, 2.24) is 9.97 Å². The fourth-order valence-corrected chi connectivity index (χ4v) is 5.17. The van der Waals surface area contributed by atoms with Gasteiger partial charge in [0.05, 0.1) is 11.3 Å². The second kappa shape index (κ2) is 9.34. The predicted octanol–water partition coefficient (Wildman–Crippen LogP) is 9.68. The van der Waals surface area contributed by atoms with Crippen molar-refractivity contribution in [2.45, 2.75) is 52.4 Å². The van der Waals surface area contributed by atoms with E-state index in [1.165, 1.54) is 5.56 Å². The van der Waals surface area contributed by atoms with Crippen molar-refractivity contribution in [3.63, 3.8) is 0 Å². The Hall–Kier alpha value is -4.44. The van der Waals surface area contributed by atoms with Crippen LogP contribution in [0.4, 0.5) is 0 Å². The summed E-state index contributed by atoms with van der Waals surface area (Å²) in [5.74, 6) is 0.547. The van der Waals surface area contributed by atoms with E-state index in [0.29, 0.717) is 17.0 Å². The third-order valence-electron chi connectivity index (χ3n) is 7.57. The number of para-hydroxylation sites is 1. The van der Waals surface area contributed by atoms with E-state index in [2.05, 4.69) is 102 Å². The molecule has 40 heavy (non-hydrogen) atoms. The Kier molecular flexibility index (Phi) is 6.03. The highest BCUT2D eigenvalue weighted by Crippen LogP contribution is 2.41. The minimum Gasteiger partial charge on any atom is -0.507 e. The van der Waals surface area contributed by atoms with Gasteiger partial charge < -0.3 is 9.52 Å². The van der Waals surface area contributed by atoms with E-state index in [0.717, 1.165) is 44.2 Å². The van der Waals surface area contributed by atoms with Gasteiger partial charge in [-0.15, -0.1) is 0 Å². The lowest BCUT2D eigenvalue weighted by Crippen LogP contribution is -2.11. The second-order valence-corrected chi connectivity index (χ2v) is 12.6. The van der Waals surface area contributed by atoms with Crippen LogP contribution in [-0.4, -0.2) is 15.1 Å². The number of aromatic hydroxyl groups is 1. The summed E-state index contributed by atoms with van der Waals surface area (Å²) in [6.07, 6.45) is 1.91. The fraction of sp³-hybridized carbons (Fsp3) is 0.222. The maximum absolute atomic E-state index is 10.5. The summed E-state index contributed by atoms with van der Waals surface area (Å²) in [5.41, 5.74) is 8.41. The van der Waals surface area contributed by atoms with Crippen LogP contribution in [-0.2, 0) is 10.8 Å². The third kappa shape index (κ3) is 4.64. The van der Waals surface area contributed by atoms with Gasteiger partial charge in [-0.3, -0.25) is 4.98 Å². The average Bonchev–Trinajstić information content (AvgIpc) is 3.35. The lowest BCUT2D eigenvalue weighted by Gasteiger charge is -2.21. The van der Waals surface area contributed by atoms with E-state index in [1.54, 1.807) is 12.1 Å². The molecule has 0 radical (unpaired) electrons. The maximum Gasteiger partial charge on any atom is 0.231 e. The van der Waals surface area contributed by atoms with Gasteiger partial charge in [-0.05, 0) is 86.8 Å². The molecule has 4 nitrogen and oxygen atoms in total. The summed E-state index contributed by atoms with van der Waals surface area (Å²) >= 11 is 0. The van der Waals surface area contributed by atoms with Crippen molar-refractivity contribution in [1.29, 1.82) is 0 Å². The average molecular weight is 527 g/mol. The van der Waals surface area contributed by atoms with Crippen LogP contribution in [0.3, 0.4) is 0 Å². The molecule has 4 heteroatoms. The van der Waals surface area contributed by atoms with E-state index >= 15 is 0 Å². The van der Waals surface area contributed by atoms with Crippen molar-refractivity contribution in [3.8, 4) is 39.6 Å². The van der Waals surface area contributed by atoms with E-state index < -0.39 is 0 Å². The van der Waals surface area contributed by atoms with Crippen LogP contribution in [0, 0.1) is 0 Å². The zero-order chi connectivity index (χ0) is 28.2.